The molecule has 1 heterocycles. The van der Waals surface area contributed by atoms with E-state index in [0.29, 0.717) is 12.5 Å². The number of hydrogen-bond donors (Lipinski definition) is 0. The Balaban J connectivity index is 1.77. The van der Waals surface area contributed by atoms with Crippen molar-refractivity contribution in [3.05, 3.63) is 82.9 Å². The van der Waals surface area contributed by atoms with Crippen LogP contribution in [-0.2, 0) is 0 Å². The van der Waals surface area contributed by atoms with Crippen molar-refractivity contribution in [1.29, 1.82) is 0 Å². The first-order chi connectivity index (χ1) is 14.7. The van der Waals surface area contributed by atoms with Crippen molar-refractivity contribution in [2.24, 2.45) is 4.99 Å². The molecule has 154 valence electrons. The van der Waals surface area contributed by atoms with Crippen LogP contribution in [0.1, 0.15) is 11.7 Å². The van der Waals surface area contributed by atoms with Gasteiger partial charge in [-0.1, -0.05) is 12.1 Å². The lowest BCUT2D eigenvalue weighted by Gasteiger charge is -2.30. The molecule has 0 saturated carbocycles. The third kappa shape index (κ3) is 4.21. The minimum absolute atomic E-state index is 0.217. The van der Waals surface area contributed by atoms with Crippen molar-refractivity contribution < 1.29 is 14.2 Å². The normalized spacial score (nSPS) is 14.9. The van der Waals surface area contributed by atoms with Crippen LogP contribution in [0.5, 0.6) is 17.2 Å². The van der Waals surface area contributed by atoms with Crippen molar-refractivity contribution in [1.82, 2.24) is 0 Å². The fraction of sp³-hybridized carbons (Fsp3) is 0.208. The molecule has 0 radical (unpaired) electrons. The predicted octanol–water partition coefficient (Wildman–Crippen LogP) is 3.90. The molecule has 0 aromatic heterocycles. The van der Waals surface area contributed by atoms with Crippen molar-refractivity contribution in [2.45, 2.75) is 6.17 Å². The van der Waals surface area contributed by atoms with E-state index in [0.717, 1.165) is 39.1 Å². The Kier molecular flexibility index (Phi) is 6.10. The molecule has 4 rings (SSSR count). The molecule has 0 N–H and O–H groups in total. The van der Waals surface area contributed by atoms with Gasteiger partial charge in [0, 0.05) is 23.2 Å². The molecule has 1 unspecified atom stereocenters. The van der Waals surface area contributed by atoms with Crippen LogP contribution in [0.15, 0.2) is 71.7 Å². The molecule has 1 aliphatic rings. The molecule has 3 aromatic rings. The van der Waals surface area contributed by atoms with Crippen LogP contribution < -0.4 is 29.7 Å². The zero-order valence-corrected chi connectivity index (χ0v) is 17.7. The Morgan fingerprint density at radius 1 is 0.867 bits per heavy atom. The molecule has 0 aliphatic carbocycles. The van der Waals surface area contributed by atoms with E-state index in [9.17, 15) is 0 Å². The van der Waals surface area contributed by atoms with Gasteiger partial charge in [0.2, 0.25) is 0 Å². The summed E-state index contributed by atoms with van der Waals surface area (Å²) in [5, 5.41) is 1.93. The Bertz CT molecular complexity index is 1110. The third-order valence-corrected chi connectivity index (χ3v) is 5.09. The van der Waals surface area contributed by atoms with Gasteiger partial charge < -0.3 is 19.1 Å². The molecule has 30 heavy (non-hydrogen) atoms. The molecule has 0 saturated heterocycles. The second-order valence-corrected chi connectivity index (χ2v) is 7.15. The zero-order valence-electron chi connectivity index (χ0n) is 16.9. The van der Waals surface area contributed by atoms with Gasteiger partial charge in [-0.15, -0.1) is 11.6 Å². The summed E-state index contributed by atoms with van der Waals surface area (Å²) in [4.78, 5) is 7.19. The third-order valence-electron chi connectivity index (χ3n) is 4.94. The number of alkyl halides is 1. The summed E-state index contributed by atoms with van der Waals surface area (Å²) in [5.41, 5.74) is 2.07. The lowest BCUT2D eigenvalue weighted by molar-refractivity contribution is 0.343. The van der Waals surface area contributed by atoms with Gasteiger partial charge in [-0.25, -0.2) is 0 Å². The lowest BCUT2D eigenvalue weighted by atomic mass is 10.1. The molecule has 0 bridgehead atoms. The summed E-state index contributed by atoms with van der Waals surface area (Å²) in [7, 11) is 3.33. The first-order valence-electron chi connectivity index (χ1n) is 9.66. The number of ether oxygens (including phenoxy) is 3. The number of nitrogens with zero attached hydrogens (tertiary/aromatic N) is 2. The van der Waals surface area contributed by atoms with Gasteiger partial charge in [-0.05, 0) is 54.1 Å². The highest BCUT2D eigenvalue weighted by Crippen LogP contribution is 2.31. The van der Waals surface area contributed by atoms with Gasteiger partial charge in [0.05, 0.1) is 25.5 Å². The van der Waals surface area contributed by atoms with Gasteiger partial charge >= 0.3 is 0 Å². The molecule has 5 nitrogen and oxygen atoms in total. The summed E-state index contributed by atoms with van der Waals surface area (Å²) in [6.45, 7) is 0.482. The van der Waals surface area contributed by atoms with Crippen LogP contribution in [0.2, 0.25) is 0 Å². The van der Waals surface area contributed by atoms with Crippen LogP contribution in [0, 0.1) is 0 Å². The predicted molar refractivity (Wildman–Crippen MR) is 119 cm³/mol. The van der Waals surface area contributed by atoms with Crippen molar-refractivity contribution >= 4 is 23.5 Å². The SMILES string of the molecule is COc1ccc(C2N=c3cc(OC)ccc3=CN2c2ccc(OCCCl)cc2)cc1. The Morgan fingerprint density at radius 3 is 2.20 bits per heavy atom. The molecule has 3 aromatic carbocycles. The van der Waals surface area contributed by atoms with E-state index in [1.54, 1.807) is 14.2 Å². The van der Waals surface area contributed by atoms with Crippen LogP contribution in [0.3, 0.4) is 0 Å². The van der Waals surface area contributed by atoms with E-state index in [1.165, 1.54) is 0 Å². The summed E-state index contributed by atoms with van der Waals surface area (Å²) < 4.78 is 16.3. The molecule has 0 spiro atoms. The number of halogens is 1. The Morgan fingerprint density at radius 2 is 1.53 bits per heavy atom. The minimum Gasteiger partial charge on any atom is -0.497 e. The highest BCUT2D eigenvalue weighted by molar-refractivity contribution is 6.18. The molecular weight excluding hydrogens is 400 g/mol. The van der Waals surface area contributed by atoms with Gasteiger partial charge in [0.15, 0.2) is 6.17 Å². The zero-order chi connectivity index (χ0) is 20.9. The molecular formula is C24H23ClN2O3. The van der Waals surface area contributed by atoms with E-state index in [2.05, 4.69) is 11.1 Å². The number of benzene rings is 3. The van der Waals surface area contributed by atoms with Crippen molar-refractivity contribution in [3.8, 4) is 17.2 Å². The number of methoxy groups -OCH3 is 2. The molecule has 1 atom stereocenters. The van der Waals surface area contributed by atoms with Gasteiger partial charge in [0.1, 0.15) is 23.9 Å². The second kappa shape index (κ2) is 9.09. The summed E-state index contributed by atoms with van der Waals surface area (Å²) in [5.74, 6) is 2.85. The van der Waals surface area contributed by atoms with Crippen molar-refractivity contribution in [3.63, 3.8) is 0 Å². The Labute approximate surface area is 180 Å². The number of fused-ring (bicyclic) bond motifs is 1. The maximum absolute atomic E-state index is 5.71. The Hall–Kier alpha value is -3.18. The van der Waals surface area contributed by atoms with Crippen LogP contribution in [0.25, 0.3) is 6.20 Å². The van der Waals surface area contributed by atoms with Gasteiger partial charge in [0.25, 0.3) is 0 Å². The largest absolute Gasteiger partial charge is 0.497 e. The number of hydrogen-bond acceptors (Lipinski definition) is 5. The smallest absolute Gasteiger partial charge is 0.151 e. The molecule has 0 fully saturated rings. The average Bonchev–Trinajstić information content (AvgIpc) is 2.82. The van der Waals surface area contributed by atoms with Crippen molar-refractivity contribution in [2.75, 3.05) is 31.6 Å². The maximum atomic E-state index is 5.71. The monoisotopic (exact) mass is 422 g/mol. The van der Waals surface area contributed by atoms with E-state index >= 15 is 0 Å². The number of rotatable bonds is 7. The summed E-state index contributed by atoms with van der Waals surface area (Å²) >= 11 is 5.71. The second-order valence-electron chi connectivity index (χ2n) is 6.77. The van der Waals surface area contributed by atoms with Crippen LogP contribution in [-0.4, -0.2) is 26.7 Å². The van der Waals surface area contributed by atoms with E-state index in [-0.39, 0.29) is 6.17 Å². The van der Waals surface area contributed by atoms with Crippen LogP contribution >= 0.6 is 11.6 Å². The molecule has 1 aliphatic heterocycles. The topological polar surface area (TPSA) is 43.3 Å². The summed E-state index contributed by atoms with van der Waals surface area (Å²) in [6.07, 6.45) is 1.90. The van der Waals surface area contributed by atoms with E-state index < -0.39 is 0 Å². The lowest BCUT2D eigenvalue weighted by Crippen LogP contribution is -2.37. The fourth-order valence-corrected chi connectivity index (χ4v) is 3.46. The number of anilines is 1. The first-order valence-corrected chi connectivity index (χ1v) is 10.2. The molecule has 0 amide bonds. The van der Waals surface area contributed by atoms with Gasteiger partial charge in [-0.3, -0.25) is 4.99 Å². The first kappa shape index (κ1) is 20.1. The van der Waals surface area contributed by atoms with Gasteiger partial charge in [-0.2, -0.15) is 0 Å². The van der Waals surface area contributed by atoms with E-state index in [1.807, 2.05) is 66.7 Å². The highest BCUT2D eigenvalue weighted by atomic mass is 35.5. The maximum Gasteiger partial charge on any atom is 0.151 e. The average molecular weight is 423 g/mol. The molecule has 6 heteroatoms. The minimum atomic E-state index is -0.217. The standard InChI is InChI=1S/C24H23ClN2O3/c1-28-20-8-3-17(4-9-20)24-26-23-15-22(29-2)10-5-18(23)16-27(24)19-6-11-21(12-7-19)30-14-13-25/h3-12,15-16,24H,13-14H2,1-2H3. The highest BCUT2D eigenvalue weighted by Gasteiger charge is 2.21. The summed E-state index contributed by atoms with van der Waals surface area (Å²) in [6, 6.07) is 21.9. The van der Waals surface area contributed by atoms with Crippen LogP contribution in [0.4, 0.5) is 5.69 Å². The fourth-order valence-electron chi connectivity index (χ4n) is 3.38. The quantitative estimate of drug-likeness (QED) is 0.542. The van der Waals surface area contributed by atoms with E-state index in [4.69, 9.17) is 30.8 Å².